The van der Waals surface area contributed by atoms with E-state index in [4.69, 9.17) is 4.55 Å². The van der Waals surface area contributed by atoms with E-state index in [1.807, 2.05) is 6.92 Å². The van der Waals surface area contributed by atoms with Crippen molar-refractivity contribution >= 4 is 20.1 Å². The van der Waals surface area contributed by atoms with E-state index < -0.39 is 26.1 Å². The number of sulfonamides is 1. The minimum Gasteiger partial charge on any atom is -0.362 e. The Morgan fingerprint density at radius 2 is 1.75 bits per heavy atom. The van der Waals surface area contributed by atoms with E-state index in [0.717, 1.165) is 6.26 Å². The summed E-state index contributed by atoms with van der Waals surface area (Å²) in [6.07, 6.45) is 1.73. The standard InChI is InChI=1S/C7H17NO6S2/c1-3-4-8(15(2,9)10)5-6-14-7-16(11,12)13/h3-7H2,1-2H3,(H,11,12,13). The summed E-state index contributed by atoms with van der Waals surface area (Å²) in [4.78, 5) is 0. The van der Waals surface area contributed by atoms with Crippen molar-refractivity contribution in [1.82, 2.24) is 4.31 Å². The normalized spacial score (nSPS) is 13.2. The molecule has 0 spiro atoms. The van der Waals surface area contributed by atoms with E-state index >= 15 is 0 Å². The van der Waals surface area contributed by atoms with E-state index in [1.54, 1.807) is 0 Å². The Bertz CT molecular complexity index is 387. The molecule has 16 heavy (non-hydrogen) atoms. The second-order valence-electron chi connectivity index (χ2n) is 3.27. The van der Waals surface area contributed by atoms with E-state index in [2.05, 4.69) is 4.74 Å². The van der Waals surface area contributed by atoms with Crippen LogP contribution in [0.25, 0.3) is 0 Å². The van der Waals surface area contributed by atoms with Gasteiger partial charge in [-0.05, 0) is 6.42 Å². The number of hydrogen-bond donors (Lipinski definition) is 1. The van der Waals surface area contributed by atoms with Crippen LogP contribution < -0.4 is 0 Å². The molecule has 98 valence electrons. The van der Waals surface area contributed by atoms with Crippen molar-refractivity contribution in [3.63, 3.8) is 0 Å². The van der Waals surface area contributed by atoms with Crippen LogP contribution in [0.3, 0.4) is 0 Å². The lowest BCUT2D eigenvalue weighted by atomic mass is 10.5. The second-order valence-corrected chi connectivity index (χ2v) is 6.65. The second kappa shape index (κ2) is 6.50. The van der Waals surface area contributed by atoms with Gasteiger partial charge in [0.05, 0.1) is 12.9 Å². The summed E-state index contributed by atoms with van der Waals surface area (Å²) in [6.45, 7) is 2.18. The number of rotatable bonds is 8. The zero-order valence-electron chi connectivity index (χ0n) is 9.29. The van der Waals surface area contributed by atoms with Gasteiger partial charge in [-0.1, -0.05) is 6.92 Å². The van der Waals surface area contributed by atoms with Crippen LogP contribution in [0, 0.1) is 0 Å². The Balaban J connectivity index is 4.06. The quantitative estimate of drug-likeness (QED) is 0.474. The average Bonchev–Trinajstić information content (AvgIpc) is 2.06. The Morgan fingerprint density at radius 3 is 2.12 bits per heavy atom. The summed E-state index contributed by atoms with van der Waals surface area (Å²) in [5, 5.41) is 0. The average molecular weight is 275 g/mol. The van der Waals surface area contributed by atoms with Crippen LogP contribution in [-0.2, 0) is 24.9 Å². The van der Waals surface area contributed by atoms with Crippen molar-refractivity contribution in [2.75, 3.05) is 31.9 Å². The van der Waals surface area contributed by atoms with Crippen LogP contribution in [0.15, 0.2) is 0 Å². The SMILES string of the molecule is CCCN(CCOCS(=O)(=O)O)S(C)(=O)=O. The van der Waals surface area contributed by atoms with Crippen LogP contribution in [0.5, 0.6) is 0 Å². The molecule has 7 nitrogen and oxygen atoms in total. The third-order valence-electron chi connectivity index (χ3n) is 1.66. The van der Waals surface area contributed by atoms with Gasteiger partial charge in [-0.25, -0.2) is 8.42 Å². The molecule has 0 amide bonds. The van der Waals surface area contributed by atoms with E-state index in [0.29, 0.717) is 13.0 Å². The molecule has 0 radical (unpaired) electrons. The number of hydrogen-bond acceptors (Lipinski definition) is 5. The first-order valence-corrected chi connectivity index (χ1v) is 8.10. The van der Waals surface area contributed by atoms with Crippen LogP contribution in [-0.4, -0.2) is 57.6 Å². The maximum Gasteiger partial charge on any atom is 0.289 e. The summed E-state index contributed by atoms with van der Waals surface area (Å²) >= 11 is 0. The van der Waals surface area contributed by atoms with E-state index in [-0.39, 0.29) is 13.2 Å². The van der Waals surface area contributed by atoms with Crippen LogP contribution in [0.1, 0.15) is 13.3 Å². The van der Waals surface area contributed by atoms with Gasteiger partial charge in [-0.3, -0.25) is 4.55 Å². The maximum atomic E-state index is 11.2. The molecule has 0 saturated carbocycles. The minimum absolute atomic E-state index is 0.0716. The number of nitrogens with zero attached hydrogens (tertiary/aromatic N) is 1. The first kappa shape index (κ1) is 15.8. The van der Waals surface area contributed by atoms with Crippen molar-refractivity contribution < 1.29 is 26.1 Å². The van der Waals surface area contributed by atoms with Crippen molar-refractivity contribution in [1.29, 1.82) is 0 Å². The Kier molecular flexibility index (Phi) is 6.41. The summed E-state index contributed by atoms with van der Waals surface area (Å²) in [7, 11) is -7.46. The molecule has 0 fully saturated rings. The van der Waals surface area contributed by atoms with Gasteiger partial charge in [0, 0.05) is 13.1 Å². The highest BCUT2D eigenvalue weighted by molar-refractivity contribution is 7.88. The van der Waals surface area contributed by atoms with Gasteiger partial charge >= 0.3 is 0 Å². The fourth-order valence-corrected chi connectivity index (χ4v) is 2.27. The van der Waals surface area contributed by atoms with Gasteiger partial charge in [0.1, 0.15) is 0 Å². The molecule has 0 aliphatic heterocycles. The lowest BCUT2D eigenvalue weighted by Crippen LogP contribution is -2.34. The summed E-state index contributed by atoms with van der Waals surface area (Å²) in [5.74, 6) is -0.823. The highest BCUT2D eigenvalue weighted by atomic mass is 32.2. The molecule has 0 aromatic carbocycles. The van der Waals surface area contributed by atoms with Crippen molar-refractivity contribution in [3.8, 4) is 0 Å². The van der Waals surface area contributed by atoms with Crippen molar-refractivity contribution in [3.05, 3.63) is 0 Å². The number of ether oxygens (including phenoxy) is 1. The molecule has 0 bridgehead atoms. The molecule has 0 unspecified atom stereocenters. The Hall–Kier alpha value is -0.220. The molecule has 0 atom stereocenters. The summed E-state index contributed by atoms with van der Waals surface area (Å²) in [6, 6.07) is 0. The first-order chi connectivity index (χ1) is 7.17. The minimum atomic E-state index is -4.16. The zero-order chi connectivity index (χ0) is 12.8. The molecular formula is C7H17NO6S2. The Labute approximate surface area is 96.2 Å². The van der Waals surface area contributed by atoms with E-state index in [9.17, 15) is 16.8 Å². The molecule has 1 N–H and O–H groups in total. The molecule has 0 aromatic heterocycles. The van der Waals surface area contributed by atoms with Gasteiger partial charge in [0.15, 0.2) is 5.94 Å². The fourth-order valence-electron chi connectivity index (χ4n) is 1.02. The van der Waals surface area contributed by atoms with Crippen molar-refractivity contribution in [2.45, 2.75) is 13.3 Å². The molecule has 9 heteroatoms. The van der Waals surface area contributed by atoms with Gasteiger partial charge in [0.2, 0.25) is 10.0 Å². The first-order valence-electron chi connectivity index (χ1n) is 4.65. The molecule has 0 rings (SSSR count). The molecule has 0 heterocycles. The fraction of sp³-hybridized carbons (Fsp3) is 1.00. The van der Waals surface area contributed by atoms with Gasteiger partial charge in [-0.15, -0.1) is 0 Å². The molecule has 0 aliphatic carbocycles. The predicted octanol–water partition coefficient (Wildman–Crippen LogP) is -0.480. The molecular weight excluding hydrogens is 258 g/mol. The maximum absolute atomic E-state index is 11.2. The highest BCUT2D eigenvalue weighted by Gasteiger charge is 2.15. The molecule has 0 aromatic rings. The molecule has 0 saturated heterocycles. The third kappa shape index (κ3) is 7.99. The topological polar surface area (TPSA) is 101 Å². The van der Waals surface area contributed by atoms with Crippen LogP contribution >= 0.6 is 0 Å². The monoisotopic (exact) mass is 275 g/mol. The smallest absolute Gasteiger partial charge is 0.289 e. The Morgan fingerprint density at radius 1 is 1.19 bits per heavy atom. The largest absolute Gasteiger partial charge is 0.362 e. The zero-order valence-corrected chi connectivity index (χ0v) is 10.9. The third-order valence-corrected chi connectivity index (χ3v) is 3.43. The van der Waals surface area contributed by atoms with Crippen LogP contribution in [0.4, 0.5) is 0 Å². The predicted molar refractivity (Wildman–Crippen MR) is 59.1 cm³/mol. The van der Waals surface area contributed by atoms with Gasteiger partial charge in [0.25, 0.3) is 10.1 Å². The lowest BCUT2D eigenvalue weighted by molar-refractivity contribution is 0.155. The van der Waals surface area contributed by atoms with Gasteiger partial charge in [-0.2, -0.15) is 12.7 Å². The lowest BCUT2D eigenvalue weighted by Gasteiger charge is -2.18. The van der Waals surface area contributed by atoms with Gasteiger partial charge < -0.3 is 4.74 Å². The highest BCUT2D eigenvalue weighted by Crippen LogP contribution is 1.99. The van der Waals surface area contributed by atoms with E-state index in [1.165, 1.54) is 4.31 Å². The summed E-state index contributed by atoms with van der Waals surface area (Å²) in [5.41, 5.74) is 0. The van der Waals surface area contributed by atoms with Crippen LogP contribution in [0.2, 0.25) is 0 Å². The van der Waals surface area contributed by atoms with Crippen molar-refractivity contribution in [2.24, 2.45) is 0 Å². The summed E-state index contributed by atoms with van der Waals surface area (Å²) < 4.78 is 57.2. The molecule has 0 aliphatic rings.